The largest absolute Gasteiger partial charge is 0.462 e. The van der Waals surface area contributed by atoms with E-state index in [1.165, 1.54) is 37.1 Å². The summed E-state index contributed by atoms with van der Waals surface area (Å²) in [6, 6.07) is 6.53. The van der Waals surface area contributed by atoms with Crippen molar-refractivity contribution in [2.45, 2.75) is 50.5 Å². The van der Waals surface area contributed by atoms with Gasteiger partial charge in [-0.3, -0.25) is 0 Å². The van der Waals surface area contributed by atoms with Gasteiger partial charge in [0.05, 0.1) is 17.1 Å². The van der Waals surface area contributed by atoms with Crippen LogP contribution in [0.5, 0.6) is 0 Å². The highest BCUT2D eigenvalue weighted by atomic mass is 32.2. The van der Waals surface area contributed by atoms with E-state index >= 15 is 0 Å². The third-order valence-electron chi connectivity index (χ3n) is 5.63. The number of carbonyl (C=O) groups excluding carboxylic acids is 1. The van der Waals surface area contributed by atoms with Crippen molar-refractivity contribution in [2.24, 2.45) is 5.92 Å². The van der Waals surface area contributed by atoms with Crippen molar-refractivity contribution in [1.29, 1.82) is 0 Å². The molecule has 2 fully saturated rings. The van der Waals surface area contributed by atoms with Crippen molar-refractivity contribution in [1.82, 2.24) is 9.21 Å². The van der Waals surface area contributed by atoms with Gasteiger partial charge in [-0.25, -0.2) is 13.2 Å². The average molecular weight is 395 g/mol. The Kier molecular flexibility index (Phi) is 6.55. The first-order valence-corrected chi connectivity index (χ1v) is 11.4. The molecule has 6 nitrogen and oxygen atoms in total. The van der Waals surface area contributed by atoms with Crippen LogP contribution in [-0.4, -0.2) is 62.4 Å². The Balaban J connectivity index is 1.62. The molecule has 0 bridgehead atoms. The molecule has 1 atom stereocenters. The summed E-state index contributed by atoms with van der Waals surface area (Å²) in [6.07, 6.45) is 4.30. The maximum Gasteiger partial charge on any atom is 0.338 e. The first-order chi connectivity index (χ1) is 12.9. The van der Waals surface area contributed by atoms with Gasteiger partial charge in [0.2, 0.25) is 10.0 Å². The standard InChI is InChI=1S/C20H30N2O4S/c1-3-26-20(23)17-6-8-19(9-7-17)27(24,25)22-13-10-18(11-14-22)21-12-4-5-16(2)15-21/h6-9,16,18H,3-5,10-15H2,1-2H3/t16-/m1/s1. The molecule has 150 valence electrons. The summed E-state index contributed by atoms with van der Waals surface area (Å²) in [5.41, 5.74) is 0.369. The molecule has 0 N–H and O–H groups in total. The van der Waals surface area contributed by atoms with E-state index < -0.39 is 16.0 Å². The van der Waals surface area contributed by atoms with Crippen LogP contribution in [0.15, 0.2) is 29.2 Å². The number of rotatable bonds is 5. The third-order valence-corrected chi connectivity index (χ3v) is 7.54. The number of esters is 1. The molecule has 0 aliphatic carbocycles. The van der Waals surface area contributed by atoms with Crippen LogP contribution in [0.25, 0.3) is 0 Å². The highest BCUT2D eigenvalue weighted by molar-refractivity contribution is 7.89. The Labute approximate surface area is 162 Å². The molecule has 0 radical (unpaired) electrons. The number of piperidine rings is 2. The SMILES string of the molecule is CCOC(=O)c1ccc(S(=O)(=O)N2CCC(N3CCC[C@@H](C)C3)CC2)cc1. The summed E-state index contributed by atoms with van der Waals surface area (Å²) in [7, 11) is -3.52. The average Bonchev–Trinajstić information content (AvgIpc) is 2.68. The normalized spacial score (nSPS) is 23.3. The van der Waals surface area contributed by atoms with Crippen LogP contribution in [0.2, 0.25) is 0 Å². The second-order valence-corrected chi connectivity index (χ2v) is 9.56. The highest BCUT2D eigenvalue weighted by Gasteiger charge is 2.32. The minimum atomic E-state index is -3.52. The summed E-state index contributed by atoms with van der Waals surface area (Å²) in [5, 5.41) is 0. The van der Waals surface area contributed by atoms with E-state index in [2.05, 4.69) is 11.8 Å². The smallest absolute Gasteiger partial charge is 0.338 e. The summed E-state index contributed by atoms with van der Waals surface area (Å²) >= 11 is 0. The number of carbonyl (C=O) groups is 1. The van der Waals surface area contributed by atoms with Crippen LogP contribution in [0.1, 0.15) is 49.9 Å². The zero-order valence-corrected chi connectivity index (χ0v) is 17.1. The van der Waals surface area contributed by atoms with Crippen molar-refractivity contribution in [3.63, 3.8) is 0 Å². The Morgan fingerprint density at radius 2 is 1.78 bits per heavy atom. The quantitative estimate of drug-likeness (QED) is 0.719. The number of ether oxygens (including phenoxy) is 1. The Hall–Kier alpha value is -1.44. The lowest BCUT2D eigenvalue weighted by atomic mass is 9.96. The molecule has 0 aromatic heterocycles. The molecule has 2 aliphatic heterocycles. The van der Waals surface area contributed by atoms with Gasteiger partial charge < -0.3 is 9.64 Å². The van der Waals surface area contributed by atoms with Gasteiger partial charge in [-0.15, -0.1) is 0 Å². The molecule has 0 saturated carbocycles. The highest BCUT2D eigenvalue weighted by Crippen LogP contribution is 2.26. The first-order valence-electron chi connectivity index (χ1n) is 9.93. The summed E-state index contributed by atoms with van der Waals surface area (Å²) in [5.74, 6) is 0.302. The van der Waals surface area contributed by atoms with E-state index in [1.807, 2.05) is 0 Å². The molecule has 1 aromatic carbocycles. The van der Waals surface area contributed by atoms with Crippen LogP contribution in [0, 0.1) is 5.92 Å². The van der Waals surface area contributed by atoms with Crippen LogP contribution in [0.3, 0.4) is 0 Å². The Bertz CT molecular complexity index is 740. The lowest BCUT2D eigenvalue weighted by molar-refractivity contribution is 0.0526. The minimum Gasteiger partial charge on any atom is -0.462 e. The molecule has 3 rings (SSSR count). The molecule has 2 aliphatic rings. The molecule has 0 amide bonds. The molecule has 1 aromatic rings. The summed E-state index contributed by atoms with van der Waals surface area (Å²) in [6.45, 7) is 7.71. The predicted molar refractivity (Wildman–Crippen MR) is 104 cm³/mol. The van der Waals surface area contributed by atoms with Gasteiger partial charge in [-0.1, -0.05) is 6.92 Å². The summed E-state index contributed by atoms with van der Waals surface area (Å²) < 4.78 is 32.4. The fourth-order valence-corrected chi connectivity index (χ4v) is 5.60. The molecule has 2 saturated heterocycles. The molecular weight excluding hydrogens is 364 g/mol. The molecule has 0 unspecified atom stereocenters. The van der Waals surface area contributed by atoms with Crippen LogP contribution in [-0.2, 0) is 14.8 Å². The number of likely N-dealkylation sites (tertiary alicyclic amines) is 1. The first kappa shape index (κ1) is 20.3. The van der Waals surface area contributed by atoms with Gasteiger partial charge in [0.1, 0.15) is 0 Å². The van der Waals surface area contributed by atoms with Gasteiger partial charge >= 0.3 is 5.97 Å². The van der Waals surface area contributed by atoms with E-state index in [9.17, 15) is 13.2 Å². The zero-order chi connectivity index (χ0) is 19.4. The van der Waals surface area contributed by atoms with Crippen molar-refractivity contribution in [3.05, 3.63) is 29.8 Å². The molecular formula is C20H30N2O4S. The lowest BCUT2D eigenvalue weighted by Crippen LogP contribution is -2.49. The van der Waals surface area contributed by atoms with Crippen molar-refractivity contribution in [3.8, 4) is 0 Å². The maximum atomic E-state index is 12.9. The maximum absolute atomic E-state index is 12.9. The zero-order valence-electron chi connectivity index (χ0n) is 16.3. The summed E-state index contributed by atoms with van der Waals surface area (Å²) in [4.78, 5) is 14.5. The monoisotopic (exact) mass is 394 g/mol. The van der Waals surface area contributed by atoms with E-state index in [0.717, 1.165) is 31.8 Å². The van der Waals surface area contributed by atoms with Crippen LogP contribution < -0.4 is 0 Å². The van der Waals surface area contributed by atoms with Gasteiger partial charge in [0.15, 0.2) is 0 Å². The minimum absolute atomic E-state index is 0.237. The second-order valence-electron chi connectivity index (χ2n) is 7.62. The van der Waals surface area contributed by atoms with Crippen molar-refractivity contribution in [2.75, 3.05) is 32.8 Å². The van der Waals surface area contributed by atoms with Gasteiger partial charge in [0.25, 0.3) is 0 Å². The van der Waals surface area contributed by atoms with Crippen LogP contribution >= 0.6 is 0 Å². The number of hydrogen-bond acceptors (Lipinski definition) is 5. The van der Waals surface area contributed by atoms with Crippen LogP contribution in [0.4, 0.5) is 0 Å². The fraction of sp³-hybridized carbons (Fsp3) is 0.650. The van der Waals surface area contributed by atoms with E-state index in [-0.39, 0.29) is 4.90 Å². The second kappa shape index (κ2) is 8.71. The predicted octanol–water partition coefficient (Wildman–Crippen LogP) is 2.75. The third kappa shape index (κ3) is 4.70. The van der Waals surface area contributed by atoms with E-state index in [1.54, 1.807) is 11.2 Å². The van der Waals surface area contributed by atoms with Crippen molar-refractivity contribution < 1.29 is 17.9 Å². The molecule has 0 spiro atoms. The Morgan fingerprint density at radius 3 is 2.37 bits per heavy atom. The van der Waals surface area contributed by atoms with Crippen molar-refractivity contribution >= 4 is 16.0 Å². The van der Waals surface area contributed by atoms with Gasteiger partial charge in [0, 0.05) is 25.7 Å². The lowest BCUT2D eigenvalue weighted by Gasteiger charge is -2.41. The topological polar surface area (TPSA) is 66.9 Å². The molecule has 2 heterocycles. The van der Waals surface area contributed by atoms with E-state index in [0.29, 0.717) is 31.3 Å². The number of hydrogen-bond donors (Lipinski definition) is 0. The molecule has 7 heteroatoms. The number of sulfonamides is 1. The van der Waals surface area contributed by atoms with Gasteiger partial charge in [-0.05, 0) is 69.3 Å². The molecule has 27 heavy (non-hydrogen) atoms. The van der Waals surface area contributed by atoms with Gasteiger partial charge in [-0.2, -0.15) is 4.31 Å². The fourth-order valence-electron chi connectivity index (χ4n) is 4.13. The number of nitrogens with zero attached hydrogens (tertiary/aromatic N) is 2. The van der Waals surface area contributed by atoms with E-state index in [4.69, 9.17) is 4.74 Å². The number of benzene rings is 1. The Morgan fingerprint density at radius 1 is 1.11 bits per heavy atom.